The number of hydrogen-bond acceptors (Lipinski definition) is 2. The highest BCUT2D eigenvalue weighted by Crippen LogP contribution is 2.29. The van der Waals surface area contributed by atoms with Crippen LogP contribution in [0.15, 0.2) is 0 Å². The summed E-state index contributed by atoms with van der Waals surface area (Å²) in [6.07, 6.45) is 8.81. The van der Waals surface area contributed by atoms with Gasteiger partial charge in [-0.2, -0.15) is 0 Å². The minimum atomic E-state index is 0.144. The summed E-state index contributed by atoms with van der Waals surface area (Å²) in [6, 6.07) is 0.809. The van der Waals surface area contributed by atoms with E-state index in [2.05, 4.69) is 4.90 Å². The summed E-state index contributed by atoms with van der Waals surface area (Å²) in [6.45, 7) is 1.11. The van der Waals surface area contributed by atoms with Gasteiger partial charge in [-0.05, 0) is 32.2 Å². The van der Waals surface area contributed by atoms with Crippen molar-refractivity contribution in [3.8, 4) is 0 Å². The van der Waals surface area contributed by atoms with Crippen molar-refractivity contribution in [2.45, 2.75) is 57.0 Å². The molecule has 0 aromatic carbocycles. The maximum absolute atomic E-state index is 11.7. The highest BCUT2D eigenvalue weighted by molar-refractivity contribution is 6.28. The fraction of sp³-hybridized carbons (Fsp3) is 0.917. The van der Waals surface area contributed by atoms with Gasteiger partial charge in [0.05, 0.1) is 11.9 Å². The SMILES string of the molecule is O=C(CCl)[C@H]1CCCN1C1CCCCC1. The Balaban J connectivity index is 1.97. The average molecular weight is 230 g/mol. The van der Waals surface area contributed by atoms with Gasteiger partial charge >= 0.3 is 0 Å². The van der Waals surface area contributed by atoms with Gasteiger partial charge in [0.1, 0.15) is 0 Å². The first kappa shape index (κ1) is 11.4. The van der Waals surface area contributed by atoms with Crippen LogP contribution >= 0.6 is 11.6 Å². The number of rotatable bonds is 3. The molecule has 0 unspecified atom stereocenters. The van der Waals surface area contributed by atoms with Gasteiger partial charge in [-0.15, -0.1) is 11.6 Å². The molecule has 1 heterocycles. The van der Waals surface area contributed by atoms with Crippen LogP contribution in [-0.4, -0.2) is 35.2 Å². The molecule has 1 atom stereocenters. The van der Waals surface area contributed by atoms with Crippen molar-refractivity contribution in [2.24, 2.45) is 0 Å². The molecule has 1 aliphatic carbocycles. The van der Waals surface area contributed by atoms with E-state index in [0.717, 1.165) is 13.0 Å². The summed E-state index contributed by atoms with van der Waals surface area (Å²) in [5.74, 6) is 0.424. The van der Waals surface area contributed by atoms with Crippen molar-refractivity contribution in [2.75, 3.05) is 12.4 Å². The van der Waals surface area contributed by atoms with E-state index < -0.39 is 0 Å². The lowest BCUT2D eigenvalue weighted by atomic mass is 9.93. The Kier molecular flexibility index (Phi) is 4.04. The summed E-state index contributed by atoms with van der Waals surface area (Å²) in [5, 5.41) is 0. The summed E-state index contributed by atoms with van der Waals surface area (Å²) in [5.41, 5.74) is 0. The first-order valence-electron chi connectivity index (χ1n) is 6.17. The second-order valence-corrected chi connectivity index (χ2v) is 5.05. The van der Waals surface area contributed by atoms with E-state index in [1.54, 1.807) is 0 Å². The van der Waals surface area contributed by atoms with Gasteiger partial charge in [0.25, 0.3) is 0 Å². The predicted molar refractivity (Wildman–Crippen MR) is 62.3 cm³/mol. The van der Waals surface area contributed by atoms with E-state index in [0.29, 0.717) is 6.04 Å². The zero-order valence-electron chi connectivity index (χ0n) is 9.25. The molecule has 2 aliphatic rings. The number of Topliss-reactive ketones (excluding diaryl/α,β-unsaturated/α-hetero) is 1. The minimum absolute atomic E-state index is 0.144. The van der Waals surface area contributed by atoms with Gasteiger partial charge < -0.3 is 0 Å². The normalized spacial score (nSPS) is 29.5. The highest BCUT2D eigenvalue weighted by atomic mass is 35.5. The number of ketones is 1. The molecule has 0 amide bonds. The number of halogens is 1. The van der Waals surface area contributed by atoms with Gasteiger partial charge in [-0.3, -0.25) is 9.69 Å². The van der Waals surface area contributed by atoms with E-state index in [1.807, 2.05) is 0 Å². The summed E-state index contributed by atoms with van der Waals surface area (Å²) in [4.78, 5) is 14.1. The zero-order valence-corrected chi connectivity index (χ0v) is 10.0. The third-order valence-electron chi connectivity index (χ3n) is 3.84. The van der Waals surface area contributed by atoms with Crippen LogP contribution < -0.4 is 0 Å². The molecule has 0 radical (unpaired) electrons. The van der Waals surface area contributed by atoms with Crippen molar-refractivity contribution >= 4 is 17.4 Å². The molecule has 15 heavy (non-hydrogen) atoms. The number of nitrogens with zero attached hydrogens (tertiary/aromatic N) is 1. The standard InChI is InChI=1S/C12H20ClNO/c13-9-12(15)11-7-4-8-14(11)10-5-2-1-3-6-10/h10-11H,1-9H2/t11-/m1/s1. The monoisotopic (exact) mass is 229 g/mol. The molecule has 0 aromatic heterocycles. The Morgan fingerprint density at radius 2 is 1.87 bits per heavy atom. The van der Waals surface area contributed by atoms with Crippen molar-refractivity contribution < 1.29 is 4.79 Å². The molecule has 3 heteroatoms. The molecule has 86 valence electrons. The first-order chi connectivity index (χ1) is 7.33. The molecule has 0 bridgehead atoms. The lowest BCUT2D eigenvalue weighted by Crippen LogP contribution is -2.44. The van der Waals surface area contributed by atoms with Gasteiger partial charge in [-0.25, -0.2) is 0 Å². The predicted octanol–water partition coefficient (Wildman–Crippen LogP) is 2.59. The topological polar surface area (TPSA) is 20.3 Å². The van der Waals surface area contributed by atoms with Gasteiger partial charge in [0, 0.05) is 6.04 Å². The van der Waals surface area contributed by atoms with Gasteiger partial charge in [-0.1, -0.05) is 19.3 Å². The van der Waals surface area contributed by atoms with E-state index in [-0.39, 0.29) is 17.7 Å². The summed E-state index contributed by atoms with van der Waals surface area (Å²) >= 11 is 5.66. The van der Waals surface area contributed by atoms with E-state index in [1.165, 1.54) is 38.5 Å². The molecule has 1 saturated carbocycles. The van der Waals surface area contributed by atoms with Crippen molar-refractivity contribution in [3.05, 3.63) is 0 Å². The number of carbonyl (C=O) groups excluding carboxylic acids is 1. The fourth-order valence-corrected chi connectivity index (χ4v) is 3.25. The maximum atomic E-state index is 11.7. The second-order valence-electron chi connectivity index (χ2n) is 4.79. The van der Waals surface area contributed by atoms with Crippen molar-refractivity contribution in [3.63, 3.8) is 0 Å². The van der Waals surface area contributed by atoms with Gasteiger partial charge in [0.2, 0.25) is 0 Å². The summed E-state index contributed by atoms with van der Waals surface area (Å²) < 4.78 is 0. The molecule has 2 nitrogen and oxygen atoms in total. The zero-order chi connectivity index (χ0) is 10.7. The Hall–Kier alpha value is -0.0800. The van der Waals surface area contributed by atoms with E-state index in [4.69, 9.17) is 11.6 Å². The summed E-state index contributed by atoms with van der Waals surface area (Å²) in [7, 11) is 0. The largest absolute Gasteiger partial charge is 0.297 e. The Morgan fingerprint density at radius 1 is 1.13 bits per heavy atom. The molecule has 1 saturated heterocycles. The smallest absolute Gasteiger partial charge is 0.164 e. The molecule has 2 fully saturated rings. The van der Waals surface area contributed by atoms with Crippen LogP contribution in [0.3, 0.4) is 0 Å². The molecule has 0 aromatic rings. The third-order valence-corrected chi connectivity index (χ3v) is 4.10. The first-order valence-corrected chi connectivity index (χ1v) is 6.71. The molecule has 0 N–H and O–H groups in total. The average Bonchev–Trinajstić information content (AvgIpc) is 2.78. The number of carbonyl (C=O) groups is 1. The highest BCUT2D eigenvalue weighted by Gasteiger charge is 2.34. The Morgan fingerprint density at radius 3 is 2.53 bits per heavy atom. The van der Waals surface area contributed by atoms with E-state index in [9.17, 15) is 4.79 Å². The quantitative estimate of drug-likeness (QED) is 0.694. The Labute approximate surface area is 97.0 Å². The van der Waals surface area contributed by atoms with Crippen LogP contribution in [0.4, 0.5) is 0 Å². The number of hydrogen-bond donors (Lipinski definition) is 0. The maximum Gasteiger partial charge on any atom is 0.164 e. The number of likely N-dealkylation sites (tertiary alicyclic amines) is 1. The molecule has 2 rings (SSSR count). The molecular weight excluding hydrogens is 210 g/mol. The lowest BCUT2D eigenvalue weighted by molar-refractivity contribution is -0.121. The van der Waals surface area contributed by atoms with Crippen LogP contribution in [0.25, 0.3) is 0 Å². The molecular formula is C12H20ClNO. The van der Waals surface area contributed by atoms with Crippen LogP contribution in [-0.2, 0) is 4.79 Å². The van der Waals surface area contributed by atoms with Crippen molar-refractivity contribution in [1.82, 2.24) is 4.90 Å². The minimum Gasteiger partial charge on any atom is -0.297 e. The fourth-order valence-electron chi connectivity index (χ4n) is 3.07. The second kappa shape index (κ2) is 5.31. The Bertz CT molecular complexity index is 226. The van der Waals surface area contributed by atoms with Crippen LogP contribution in [0.5, 0.6) is 0 Å². The molecule has 0 spiro atoms. The lowest BCUT2D eigenvalue weighted by Gasteiger charge is -2.34. The van der Waals surface area contributed by atoms with Crippen LogP contribution in [0, 0.1) is 0 Å². The third kappa shape index (κ3) is 2.54. The molecule has 1 aliphatic heterocycles. The van der Waals surface area contributed by atoms with Crippen LogP contribution in [0.2, 0.25) is 0 Å². The van der Waals surface area contributed by atoms with Gasteiger partial charge in [0.15, 0.2) is 5.78 Å². The van der Waals surface area contributed by atoms with Crippen LogP contribution in [0.1, 0.15) is 44.9 Å². The van der Waals surface area contributed by atoms with E-state index >= 15 is 0 Å². The van der Waals surface area contributed by atoms with Crippen molar-refractivity contribution in [1.29, 1.82) is 0 Å². The number of alkyl halides is 1.